The third kappa shape index (κ3) is 5.61. The molecule has 20 heavy (non-hydrogen) atoms. The van der Waals surface area contributed by atoms with Crippen LogP contribution in [0.1, 0.15) is 5.56 Å². The Kier molecular flexibility index (Phi) is 4.98. The molecule has 0 unspecified atom stereocenters. The maximum atomic E-state index is 13.6. The minimum Gasteiger partial charge on any atom is -0.478 e. The molecule has 6 nitrogen and oxygen atoms in total. The lowest BCUT2D eigenvalue weighted by Crippen LogP contribution is -2.22. The average molecular weight is 301 g/mol. The van der Waals surface area contributed by atoms with Gasteiger partial charge in [-0.2, -0.15) is 0 Å². The first-order chi connectivity index (χ1) is 9.17. The average Bonchev–Trinajstić information content (AvgIpc) is 2.27. The molecule has 0 spiro atoms. The van der Waals surface area contributed by atoms with Crippen molar-refractivity contribution in [3.63, 3.8) is 0 Å². The number of carbonyl (C=O) groups excluding carboxylic acids is 1. The number of amides is 1. The van der Waals surface area contributed by atoms with Gasteiger partial charge >= 0.3 is 5.97 Å². The van der Waals surface area contributed by atoms with Crippen molar-refractivity contribution in [1.82, 2.24) is 0 Å². The zero-order chi connectivity index (χ0) is 15.3. The Balaban J connectivity index is 2.83. The number of benzene rings is 1. The first kappa shape index (κ1) is 15.8. The molecule has 0 aromatic heterocycles. The van der Waals surface area contributed by atoms with Crippen molar-refractivity contribution in [1.29, 1.82) is 0 Å². The molecule has 2 N–H and O–H groups in total. The fraction of sp³-hybridized carbons (Fsp3) is 0.167. The highest BCUT2D eigenvalue weighted by molar-refractivity contribution is 7.91. The number of carbonyl (C=O) groups is 2. The number of hydrogen-bond acceptors (Lipinski definition) is 4. The van der Waals surface area contributed by atoms with Crippen LogP contribution >= 0.6 is 0 Å². The number of anilines is 1. The van der Waals surface area contributed by atoms with E-state index in [-0.39, 0.29) is 5.69 Å². The van der Waals surface area contributed by atoms with Crippen molar-refractivity contribution < 1.29 is 27.5 Å². The minimum atomic E-state index is -3.49. The first-order valence-electron chi connectivity index (χ1n) is 5.35. The van der Waals surface area contributed by atoms with E-state index in [2.05, 4.69) is 5.32 Å². The van der Waals surface area contributed by atoms with Crippen LogP contribution in [-0.2, 0) is 19.4 Å². The Hall–Kier alpha value is -2.22. The molecule has 0 bridgehead atoms. The summed E-state index contributed by atoms with van der Waals surface area (Å²) >= 11 is 0. The number of aliphatic carboxylic acids is 1. The lowest BCUT2D eigenvalue weighted by Gasteiger charge is -2.06. The largest absolute Gasteiger partial charge is 0.478 e. The Morgan fingerprint density at radius 3 is 2.55 bits per heavy atom. The minimum absolute atomic E-state index is 0.175. The summed E-state index contributed by atoms with van der Waals surface area (Å²) in [6.45, 7) is 0. The number of carboxylic acids is 1. The summed E-state index contributed by atoms with van der Waals surface area (Å²) in [4.78, 5) is 21.6. The van der Waals surface area contributed by atoms with Gasteiger partial charge in [0.05, 0.1) is 5.69 Å². The second-order valence-corrected chi connectivity index (χ2v) is 6.17. The number of hydrogen-bond donors (Lipinski definition) is 2. The molecule has 1 amide bonds. The van der Waals surface area contributed by atoms with Gasteiger partial charge in [0, 0.05) is 12.3 Å². The van der Waals surface area contributed by atoms with Crippen molar-refractivity contribution in [3.8, 4) is 0 Å². The normalized spacial score (nSPS) is 11.5. The molecule has 0 radical (unpaired) electrons. The Morgan fingerprint density at radius 1 is 1.40 bits per heavy atom. The van der Waals surface area contributed by atoms with Crippen LogP contribution < -0.4 is 5.32 Å². The third-order valence-corrected chi connectivity index (χ3v) is 2.87. The Bertz CT molecular complexity index is 666. The van der Waals surface area contributed by atoms with E-state index in [1.807, 2.05) is 0 Å². The van der Waals surface area contributed by atoms with Gasteiger partial charge in [-0.05, 0) is 23.8 Å². The van der Waals surface area contributed by atoms with Crippen molar-refractivity contribution in [2.45, 2.75) is 0 Å². The molecule has 108 valence electrons. The SMILES string of the molecule is CS(=O)(=O)CC(=O)Nc1ccc(C=CC(=O)O)cc1F. The molecule has 0 aliphatic heterocycles. The second kappa shape index (κ2) is 6.29. The summed E-state index contributed by atoms with van der Waals surface area (Å²) in [5, 5.41) is 10.6. The van der Waals surface area contributed by atoms with E-state index in [4.69, 9.17) is 5.11 Å². The fourth-order valence-electron chi connectivity index (χ4n) is 1.33. The molecule has 1 aromatic rings. The third-order valence-electron chi connectivity index (χ3n) is 2.08. The van der Waals surface area contributed by atoms with Crippen molar-refractivity contribution >= 4 is 33.5 Å². The van der Waals surface area contributed by atoms with Crippen LogP contribution in [0.2, 0.25) is 0 Å². The van der Waals surface area contributed by atoms with Crippen LogP contribution in [0.4, 0.5) is 10.1 Å². The van der Waals surface area contributed by atoms with Gasteiger partial charge in [0.1, 0.15) is 11.6 Å². The van der Waals surface area contributed by atoms with Crippen molar-refractivity contribution in [2.24, 2.45) is 0 Å². The number of carboxylic acid groups (broad SMARTS) is 1. The van der Waals surface area contributed by atoms with Crippen molar-refractivity contribution in [2.75, 3.05) is 17.3 Å². The molecule has 0 fully saturated rings. The standard InChI is InChI=1S/C12H12FNO5S/c1-20(18,19)7-11(15)14-10-4-2-8(6-9(10)13)3-5-12(16)17/h2-6H,7H2,1H3,(H,14,15)(H,16,17). The van der Waals surface area contributed by atoms with E-state index in [0.717, 1.165) is 18.4 Å². The summed E-state index contributed by atoms with van der Waals surface area (Å²) in [5.74, 6) is -3.55. The Labute approximate surface area is 114 Å². The lowest BCUT2D eigenvalue weighted by molar-refractivity contribution is -0.131. The summed E-state index contributed by atoms with van der Waals surface area (Å²) < 4.78 is 35.4. The van der Waals surface area contributed by atoms with Gasteiger partial charge in [0.2, 0.25) is 5.91 Å². The molecule has 0 atom stereocenters. The summed E-state index contributed by atoms with van der Waals surface area (Å²) in [5.41, 5.74) is 0.122. The predicted octanol–water partition coefficient (Wildman–Crippen LogP) is 0.907. The topological polar surface area (TPSA) is 101 Å². The van der Waals surface area contributed by atoms with E-state index < -0.39 is 33.3 Å². The molecule has 0 aliphatic rings. The van der Waals surface area contributed by atoms with Gasteiger partial charge in [0.15, 0.2) is 9.84 Å². The molecular weight excluding hydrogens is 289 g/mol. The quantitative estimate of drug-likeness (QED) is 0.787. The molecule has 8 heteroatoms. The molecular formula is C12H12FNO5S. The van der Waals surface area contributed by atoms with Crippen molar-refractivity contribution in [3.05, 3.63) is 35.7 Å². The van der Waals surface area contributed by atoms with Crippen LogP contribution in [0.5, 0.6) is 0 Å². The van der Waals surface area contributed by atoms with Gasteiger partial charge in [0.25, 0.3) is 0 Å². The molecule has 0 aliphatic carbocycles. The van der Waals surface area contributed by atoms with Gasteiger partial charge in [-0.3, -0.25) is 4.79 Å². The van der Waals surface area contributed by atoms with E-state index in [0.29, 0.717) is 5.56 Å². The number of sulfone groups is 1. The van der Waals surface area contributed by atoms with E-state index in [1.165, 1.54) is 18.2 Å². The highest BCUT2D eigenvalue weighted by Gasteiger charge is 2.13. The highest BCUT2D eigenvalue weighted by atomic mass is 32.2. The predicted molar refractivity (Wildman–Crippen MR) is 71.4 cm³/mol. The number of nitrogens with one attached hydrogen (secondary N) is 1. The molecule has 1 rings (SSSR count). The van der Waals surface area contributed by atoms with E-state index in [9.17, 15) is 22.4 Å². The monoisotopic (exact) mass is 301 g/mol. The highest BCUT2D eigenvalue weighted by Crippen LogP contribution is 2.16. The van der Waals surface area contributed by atoms with Crippen LogP contribution in [0.25, 0.3) is 6.08 Å². The van der Waals surface area contributed by atoms with Crippen LogP contribution in [0.15, 0.2) is 24.3 Å². The second-order valence-electron chi connectivity index (χ2n) is 4.03. The van der Waals surface area contributed by atoms with E-state index >= 15 is 0 Å². The lowest BCUT2D eigenvalue weighted by atomic mass is 10.2. The van der Waals surface area contributed by atoms with Gasteiger partial charge < -0.3 is 10.4 Å². The van der Waals surface area contributed by atoms with Gasteiger partial charge in [-0.25, -0.2) is 17.6 Å². The first-order valence-corrected chi connectivity index (χ1v) is 7.41. The smallest absolute Gasteiger partial charge is 0.328 e. The van der Waals surface area contributed by atoms with Gasteiger partial charge in [-0.1, -0.05) is 6.07 Å². The van der Waals surface area contributed by atoms with Crippen LogP contribution in [0, 0.1) is 5.82 Å². The maximum Gasteiger partial charge on any atom is 0.328 e. The maximum absolute atomic E-state index is 13.6. The fourth-order valence-corrected chi connectivity index (χ4v) is 1.88. The van der Waals surface area contributed by atoms with Gasteiger partial charge in [-0.15, -0.1) is 0 Å². The summed E-state index contributed by atoms with van der Waals surface area (Å²) in [7, 11) is -3.49. The molecule has 0 saturated heterocycles. The van der Waals surface area contributed by atoms with Crippen LogP contribution in [-0.4, -0.2) is 37.4 Å². The van der Waals surface area contributed by atoms with E-state index in [1.54, 1.807) is 0 Å². The number of halogens is 1. The number of rotatable bonds is 5. The summed E-state index contributed by atoms with van der Waals surface area (Å²) in [6.07, 6.45) is 2.92. The van der Waals surface area contributed by atoms with Crippen LogP contribution in [0.3, 0.4) is 0 Å². The molecule has 0 saturated carbocycles. The molecule has 1 aromatic carbocycles. The summed E-state index contributed by atoms with van der Waals surface area (Å²) in [6, 6.07) is 3.63. The zero-order valence-corrected chi connectivity index (χ0v) is 11.3. The molecule has 0 heterocycles. The Morgan fingerprint density at radius 2 is 2.05 bits per heavy atom. The zero-order valence-electron chi connectivity index (χ0n) is 10.5.